The van der Waals surface area contributed by atoms with Crippen molar-refractivity contribution in [3.63, 3.8) is 0 Å². The van der Waals surface area contributed by atoms with E-state index in [1.54, 1.807) is 6.92 Å². The van der Waals surface area contributed by atoms with Crippen LogP contribution in [0.3, 0.4) is 0 Å². The zero-order chi connectivity index (χ0) is 19.0. The van der Waals surface area contributed by atoms with Gasteiger partial charge in [0.05, 0.1) is 24.0 Å². The molecule has 6 nitrogen and oxygen atoms in total. The monoisotopic (exact) mass is 377 g/mol. The molecule has 3 aliphatic rings. The van der Waals surface area contributed by atoms with Gasteiger partial charge in [0.15, 0.2) is 0 Å². The summed E-state index contributed by atoms with van der Waals surface area (Å²) in [6, 6.07) is 0. The Hall–Kier alpha value is -2.15. The molecule has 3 aliphatic carbocycles. The Balaban J connectivity index is 1.88. The third-order valence-corrected chi connectivity index (χ3v) is 6.56. The molecule has 4 rings (SSSR count). The van der Waals surface area contributed by atoms with Crippen LogP contribution in [0.15, 0.2) is 12.2 Å². The number of hydrogen-bond donors (Lipinski definition) is 2. The van der Waals surface area contributed by atoms with Gasteiger partial charge in [-0.1, -0.05) is 12.2 Å². The van der Waals surface area contributed by atoms with Gasteiger partial charge >= 0.3 is 11.9 Å². The van der Waals surface area contributed by atoms with E-state index in [2.05, 4.69) is 5.32 Å². The van der Waals surface area contributed by atoms with Gasteiger partial charge < -0.3 is 15.2 Å². The van der Waals surface area contributed by atoms with Crippen molar-refractivity contribution in [2.75, 3.05) is 11.9 Å². The summed E-state index contributed by atoms with van der Waals surface area (Å²) in [5.41, 5.74) is 1.15. The Morgan fingerprint density at radius 3 is 2.35 bits per heavy atom. The fourth-order valence-electron chi connectivity index (χ4n) is 4.05. The highest BCUT2D eigenvalue weighted by Crippen LogP contribution is 2.46. The van der Waals surface area contributed by atoms with Crippen molar-refractivity contribution in [3.05, 3.63) is 28.2 Å². The normalized spacial score (nSPS) is 26.6. The second-order valence-corrected chi connectivity index (χ2v) is 8.10. The average molecular weight is 377 g/mol. The van der Waals surface area contributed by atoms with Gasteiger partial charge in [0.1, 0.15) is 5.00 Å². The molecule has 7 heteroatoms. The molecule has 1 saturated carbocycles. The molecule has 1 amide bonds. The van der Waals surface area contributed by atoms with Gasteiger partial charge in [-0.2, -0.15) is 0 Å². The topological polar surface area (TPSA) is 92.7 Å². The van der Waals surface area contributed by atoms with Gasteiger partial charge in [-0.25, -0.2) is 4.79 Å². The van der Waals surface area contributed by atoms with Gasteiger partial charge in [-0.3, -0.25) is 9.59 Å². The van der Waals surface area contributed by atoms with E-state index in [1.165, 1.54) is 11.3 Å². The summed E-state index contributed by atoms with van der Waals surface area (Å²) in [6.07, 6.45) is 5.51. The number of carbonyl (C=O) groups excluding carboxylic acids is 2. The number of anilines is 1. The molecule has 1 aromatic heterocycles. The minimum atomic E-state index is -0.937. The molecule has 140 valence electrons. The lowest BCUT2D eigenvalue weighted by atomic mass is 9.62. The number of carbonyl (C=O) groups is 3. The summed E-state index contributed by atoms with van der Waals surface area (Å²) in [6.45, 7) is 5.68. The molecular formula is C19H23NO5S. The molecule has 0 aromatic carbocycles. The molecule has 0 radical (unpaired) electrons. The molecular weight excluding hydrogens is 354 g/mol. The van der Waals surface area contributed by atoms with Crippen LogP contribution in [0.25, 0.3) is 0 Å². The van der Waals surface area contributed by atoms with E-state index in [0.717, 1.165) is 23.3 Å². The van der Waals surface area contributed by atoms with Crippen LogP contribution in [0.4, 0.5) is 5.00 Å². The van der Waals surface area contributed by atoms with E-state index in [0.29, 0.717) is 10.6 Å². The van der Waals surface area contributed by atoms with Crippen LogP contribution in [0, 0.1) is 37.5 Å². The van der Waals surface area contributed by atoms with E-state index in [9.17, 15) is 19.5 Å². The van der Waals surface area contributed by atoms with Gasteiger partial charge in [0.25, 0.3) is 0 Å². The van der Waals surface area contributed by atoms with Crippen LogP contribution in [-0.2, 0) is 14.3 Å². The number of aryl methyl sites for hydroxylation is 1. The average Bonchev–Trinajstić information content (AvgIpc) is 2.89. The van der Waals surface area contributed by atoms with Crippen LogP contribution >= 0.6 is 11.3 Å². The van der Waals surface area contributed by atoms with Gasteiger partial charge in [-0.15, -0.1) is 11.3 Å². The van der Waals surface area contributed by atoms with Crippen molar-refractivity contribution in [2.24, 2.45) is 23.7 Å². The van der Waals surface area contributed by atoms with Crippen molar-refractivity contribution in [3.8, 4) is 0 Å². The quantitative estimate of drug-likeness (QED) is 0.606. The lowest BCUT2D eigenvalue weighted by Crippen LogP contribution is -2.47. The predicted molar refractivity (Wildman–Crippen MR) is 98.3 cm³/mol. The molecule has 1 heterocycles. The number of carboxylic acids is 1. The maximum atomic E-state index is 13.0. The minimum absolute atomic E-state index is 0.0747. The van der Waals surface area contributed by atoms with Crippen LogP contribution < -0.4 is 5.32 Å². The van der Waals surface area contributed by atoms with E-state index >= 15 is 0 Å². The van der Waals surface area contributed by atoms with Crippen molar-refractivity contribution in [1.82, 2.24) is 0 Å². The van der Waals surface area contributed by atoms with Crippen LogP contribution in [0.2, 0.25) is 0 Å². The molecule has 2 N–H and O–H groups in total. The zero-order valence-electron chi connectivity index (χ0n) is 15.1. The molecule has 0 unspecified atom stereocenters. The second-order valence-electron chi connectivity index (χ2n) is 6.88. The minimum Gasteiger partial charge on any atom is -0.481 e. The molecule has 0 saturated heterocycles. The van der Waals surface area contributed by atoms with E-state index in [-0.39, 0.29) is 24.3 Å². The van der Waals surface area contributed by atoms with Crippen molar-refractivity contribution < 1.29 is 24.2 Å². The molecule has 2 bridgehead atoms. The van der Waals surface area contributed by atoms with Crippen LogP contribution in [0.1, 0.15) is 40.6 Å². The molecule has 0 aliphatic heterocycles. The van der Waals surface area contributed by atoms with E-state index < -0.39 is 23.8 Å². The van der Waals surface area contributed by atoms with Gasteiger partial charge in [0.2, 0.25) is 5.91 Å². The molecule has 0 spiro atoms. The first-order valence-electron chi connectivity index (χ1n) is 8.84. The van der Waals surface area contributed by atoms with Crippen molar-refractivity contribution in [1.29, 1.82) is 0 Å². The number of thiophene rings is 1. The van der Waals surface area contributed by atoms with E-state index in [4.69, 9.17) is 4.74 Å². The Labute approximate surface area is 156 Å². The highest BCUT2D eigenvalue weighted by molar-refractivity contribution is 7.16. The predicted octanol–water partition coefficient (Wildman–Crippen LogP) is 3.39. The summed E-state index contributed by atoms with van der Waals surface area (Å²) < 4.78 is 5.11. The first-order valence-corrected chi connectivity index (χ1v) is 9.65. The number of aliphatic carboxylic acids is 1. The highest BCUT2D eigenvalue weighted by atomic mass is 32.1. The summed E-state index contributed by atoms with van der Waals surface area (Å²) in [4.78, 5) is 37.9. The molecule has 1 fully saturated rings. The smallest absolute Gasteiger partial charge is 0.341 e. The molecule has 1 aromatic rings. The zero-order valence-corrected chi connectivity index (χ0v) is 15.9. The largest absolute Gasteiger partial charge is 0.481 e. The van der Waals surface area contributed by atoms with Crippen LogP contribution in [-0.4, -0.2) is 29.6 Å². The second kappa shape index (κ2) is 7.23. The third-order valence-electron chi connectivity index (χ3n) is 5.44. The highest BCUT2D eigenvalue weighted by Gasteiger charge is 2.48. The van der Waals surface area contributed by atoms with E-state index in [1.807, 2.05) is 26.0 Å². The SMILES string of the molecule is CCOC(=O)c1c(NC(=O)[C@H]2[C@@H](C(=O)O)[C@H]3C=C[C@H]2CC3)sc(C)c1C. The molecule has 26 heavy (non-hydrogen) atoms. The Morgan fingerprint density at radius 1 is 1.19 bits per heavy atom. The Morgan fingerprint density at radius 2 is 1.81 bits per heavy atom. The number of nitrogens with one attached hydrogen (secondary N) is 1. The number of ether oxygens (including phenoxy) is 1. The summed E-state index contributed by atoms with van der Waals surface area (Å²) in [7, 11) is 0. The summed E-state index contributed by atoms with van der Waals surface area (Å²) >= 11 is 1.32. The lowest BCUT2D eigenvalue weighted by molar-refractivity contribution is -0.151. The maximum Gasteiger partial charge on any atom is 0.341 e. The number of carboxylic acid groups (broad SMARTS) is 1. The number of allylic oxidation sites excluding steroid dienone is 2. The Bertz CT molecular complexity index is 781. The summed E-state index contributed by atoms with van der Waals surface area (Å²) in [5.74, 6) is -3.25. The summed E-state index contributed by atoms with van der Waals surface area (Å²) in [5, 5.41) is 12.9. The Kier molecular flexibility index (Phi) is 5.18. The number of amides is 1. The number of hydrogen-bond acceptors (Lipinski definition) is 5. The van der Waals surface area contributed by atoms with Gasteiger partial charge in [0, 0.05) is 4.88 Å². The first-order chi connectivity index (χ1) is 12.3. The standard InChI is InChI=1S/C19H23NO5S/c1-4-25-19(24)13-9(2)10(3)26-17(13)20-16(21)14-11-5-7-12(8-6-11)15(14)18(22)23/h5,7,11-12,14-15H,4,6,8H2,1-3H3,(H,20,21)(H,22,23)/t11-,12-,14+,15-/m0/s1. The van der Waals surface area contributed by atoms with Crippen LogP contribution in [0.5, 0.6) is 0 Å². The maximum absolute atomic E-state index is 13.0. The number of esters is 1. The third kappa shape index (κ3) is 3.16. The lowest BCUT2D eigenvalue weighted by Gasteiger charge is -2.41. The molecule has 4 atom stereocenters. The number of rotatable bonds is 5. The fraction of sp³-hybridized carbons (Fsp3) is 0.526. The van der Waals surface area contributed by atoms with Crippen molar-refractivity contribution in [2.45, 2.75) is 33.6 Å². The first kappa shape index (κ1) is 18.6. The van der Waals surface area contributed by atoms with Crippen molar-refractivity contribution >= 4 is 34.2 Å². The number of fused-ring (bicyclic) bond motifs is 2. The van der Waals surface area contributed by atoms with Gasteiger partial charge in [-0.05, 0) is 51.0 Å². The fourth-order valence-corrected chi connectivity index (χ4v) is 5.10.